The molecule has 1 aliphatic heterocycles. The number of aryl methyl sites for hydroxylation is 1. The van der Waals surface area contributed by atoms with Crippen molar-refractivity contribution in [3.63, 3.8) is 0 Å². The Labute approximate surface area is 140 Å². The van der Waals surface area contributed by atoms with E-state index in [0.29, 0.717) is 18.7 Å². The van der Waals surface area contributed by atoms with Crippen LogP contribution in [0.1, 0.15) is 29.1 Å². The molecule has 128 valence electrons. The summed E-state index contributed by atoms with van der Waals surface area (Å²) in [6, 6.07) is 7.33. The van der Waals surface area contributed by atoms with Crippen molar-refractivity contribution in [3.05, 3.63) is 41.9 Å². The lowest BCUT2D eigenvalue weighted by Crippen LogP contribution is -2.54. The van der Waals surface area contributed by atoms with Gasteiger partial charge in [-0.3, -0.25) is 4.79 Å². The summed E-state index contributed by atoms with van der Waals surface area (Å²) in [4.78, 5) is 20.3. The number of nitrogens with zero attached hydrogens (tertiary/aromatic N) is 4. The van der Waals surface area contributed by atoms with Crippen LogP contribution in [0.15, 0.2) is 35.0 Å². The highest BCUT2D eigenvalue weighted by molar-refractivity contribution is 5.92. The molecule has 1 fully saturated rings. The normalized spacial score (nSPS) is 20.9. The van der Waals surface area contributed by atoms with Crippen molar-refractivity contribution in [1.29, 1.82) is 0 Å². The molecule has 1 N–H and O–H groups in total. The van der Waals surface area contributed by atoms with Crippen LogP contribution in [0.4, 0.5) is 5.82 Å². The molecule has 1 aliphatic rings. The number of carbonyl (C=O) groups excluding carboxylic acids is 1. The van der Waals surface area contributed by atoms with Crippen molar-refractivity contribution in [2.24, 2.45) is 0 Å². The maximum atomic E-state index is 12.4. The van der Waals surface area contributed by atoms with Crippen LogP contribution in [0.3, 0.4) is 0 Å². The van der Waals surface area contributed by atoms with Gasteiger partial charge in [0.15, 0.2) is 5.69 Å². The second-order valence-electron chi connectivity index (χ2n) is 6.42. The predicted octanol–water partition coefficient (Wildman–Crippen LogP) is 1.48. The number of β-amino-alcohol motifs (C(OH)–C–C–N with tert-alkyl or cyclic N) is 1. The fourth-order valence-corrected chi connectivity index (χ4v) is 3.15. The van der Waals surface area contributed by atoms with Crippen molar-refractivity contribution < 1.29 is 14.4 Å². The highest BCUT2D eigenvalue weighted by atomic mass is 16.5. The van der Waals surface area contributed by atoms with Gasteiger partial charge in [-0.2, -0.15) is 0 Å². The Morgan fingerprint density at radius 2 is 2.33 bits per heavy atom. The Hall–Kier alpha value is -2.41. The van der Waals surface area contributed by atoms with Crippen LogP contribution in [-0.4, -0.2) is 58.3 Å². The monoisotopic (exact) mass is 330 g/mol. The molecule has 0 unspecified atom stereocenters. The highest BCUT2D eigenvalue weighted by Gasteiger charge is 2.36. The zero-order chi connectivity index (χ0) is 17.2. The lowest BCUT2D eigenvalue weighted by atomic mass is 9.92. The first-order valence-corrected chi connectivity index (χ1v) is 8.04. The van der Waals surface area contributed by atoms with E-state index in [1.54, 1.807) is 26.2 Å². The zero-order valence-electron chi connectivity index (χ0n) is 14.0. The van der Waals surface area contributed by atoms with Gasteiger partial charge in [-0.25, -0.2) is 4.98 Å². The van der Waals surface area contributed by atoms with Gasteiger partial charge in [0.2, 0.25) is 0 Å². The number of aliphatic hydroxyl groups is 1. The maximum Gasteiger partial charge on any atom is 0.275 e. The molecular weight excluding hydrogens is 308 g/mol. The summed E-state index contributed by atoms with van der Waals surface area (Å²) in [7, 11) is 1.67. The molecule has 3 rings (SSSR count). The van der Waals surface area contributed by atoms with Gasteiger partial charge in [0.1, 0.15) is 11.6 Å². The topological polar surface area (TPSA) is 82.7 Å². The number of aromatic nitrogens is 2. The Morgan fingerprint density at radius 3 is 3.00 bits per heavy atom. The number of rotatable bonds is 4. The molecule has 2 aromatic heterocycles. The molecule has 1 saturated heterocycles. The number of amides is 1. The van der Waals surface area contributed by atoms with Crippen molar-refractivity contribution in [1.82, 2.24) is 15.0 Å². The summed E-state index contributed by atoms with van der Waals surface area (Å²) in [6.45, 7) is 3.27. The number of pyridine rings is 1. The third-order valence-electron chi connectivity index (χ3n) is 4.25. The van der Waals surface area contributed by atoms with E-state index in [4.69, 9.17) is 4.52 Å². The number of likely N-dealkylation sites (N-methyl/N-ethyl adjacent to an activating group) is 1. The first-order valence-electron chi connectivity index (χ1n) is 8.04. The molecule has 0 aromatic carbocycles. The SMILES string of the molecule is Cc1cc(C(=O)N(C)C[C@@]2(O)CCCN(c3ccccn3)C2)no1. The van der Waals surface area contributed by atoms with Crippen LogP contribution in [-0.2, 0) is 0 Å². The van der Waals surface area contributed by atoms with E-state index in [9.17, 15) is 9.90 Å². The summed E-state index contributed by atoms with van der Waals surface area (Å²) in [5.41, 5.74) is -0.713. The lowest BCUT2D eigenvalue weighted by molar-refractivity contribution is -0.000377. The average Bonchev–Trinajstić information content (AvgIpc) is 3.01. The van der Waals surface area contributed by atoms with Gasteiger partial charge in [-0.1, -0.05) is 11.2 Å². The van der Waals surface area contributed by atoms with Crippen LogP contribution in [0, 0.1) is 6.92 Å². The summed E-state index contributed by atoms with van der Waals surface area (Å²) >= 11 is 0. The zero-order valence-corrected chi connectivity index (χ0v) is 14.0. The smallest absolute Gasteiger partial charge is 0.275 e. The van der Waals surface area contributed by atoms with Crippen LogP contribution >= 0.6 is 0 Å². The lowest BCUT2D eigenvalue weighted by Gasteiger charge is -2.41. The standard InChI is InChI=1S/C17H22N4O3/c1-13-10-14(19-24-13)16(22)20(2)11-17(23)7-5-9-21(12-17)15-6-3-4-8-18-15/h3-4,6,8,10,23H,5,7,9,11-12H2,1-2H3/t17-/m0/s1. The minimum atomic E-state index is -0.973. The predicted molar refractivity (Wildman–Crippen MR) is 88.8 cm³/mol. The Morgan fingerprint density at radius 1 is 1.50 bits per heavy atom. The van der Waals surface area contributed by atoms with Crippen molar-refractivity contribution in [3.8, 4) is 0 Å². The fourth-order valence-electron chi connectivity index (χ4n) is 3.15. The third kappa shape index (κ3) is 3.56. The average molecular weight is 330 g/mol. The van der Waals surface area contributed by atoms with Gasteiger partial charge in [-0.15, -0.1) is 0 Å². The molecule has 1 amide bonds. The van der Waals surface area contributed by atoms with Crippen molar-refractivity contribution >= 4 is 11.7 Å². The van der Waals surface area contributed by atoms with E-state index in [1.165, 1.54) is 4.90 Å². The van der Waals surface area contributed by atoms with E-state index in [-0.39, 0.29) is 18.1 Å². The summed E-state index contributed by atoms with van der Waals surface area (Å²) < 4.78 is 4.95. The molecule has 2 aromatic rings. The molecule has 24 heavy (non-hydrogen) atoms. The Balaban J connectivity index is 1.67. The van der Waals surface area contributed by atoms with Gasteiger partial charge in [0.25, 0.3) is 5.91 Å². The van der Waals surface area contributed by atoms with E-state index >= 15 is 0 Å². The first kappa shape index (κ1) is 16.4. The Kier molecular flexibility index (Phi) is 4.53. The first-order chi connectivity index (χ1) is 11.5. The third-order valence-corrected chi connectivity index (χ3v) is 4.25. The number of hydrogen-bond acceptors (Lipinski definition) is 6. The molecule has 0 radical (unpaired) electrons. The van der Waals surface area contributed by atoms with E-state index in [0.717, 1.165) is 18.8 Å². The number of anilines is 1. The molecule has 7 nitrogen and oxygen atoms in total. The molecule has 0 spiro atoms. The second kappa shape index (κ2) is 6.60. The summed E-state index contributed by atoms with van der Waals surface area (Å²) in [5.74, 6) is 1.18. The van der Waals surface area contributed by atoms with Crippen LogP contribution in [0.5, 0.6) is 0 Å². The number of hydrogen-bond donors (Lipinski definition) is 1. The van der Waals surface area contributed by atoms with E-state index in [2.05, 4.69) is 15.0 Å². The molecule has 1 atom stereocenters. The highest BCUT2D eigenvalue weighted by Crippen LogP contribution is 2.25. The molecule has 0 bridgehead atoms. The number of piperidine rings is 1. The van der Waals surface area contributed by atoms with Crippen LogP contribution in [0.2, 0.25) is 0 Å². The van der Waals surface area contributed by atoms with Crippen LogP contribution in [0.25, 0.3) is 0 Å². The summed E-state index contributed by atoms with van der Waals surface area (Å²) in [5, 5.41) is 14.7. The Bertz CT molecular complexity index is 703. The van der Waals surface area contributed by atoms with Crippen molar-refractivity contribution in [2.75, 3.05) is 31.6 Å². The quantitative estimate of drug-likeness (QED) is 0.914. The van der Waals surface area contributed by atoms with Gasteiger partial charge in [0, 0.05) is 32.4 Å². The molecule has 7 heteroatoms. The molecule has 0 saturated carbocycles. The van der Waals surface area contributed by atoms with Gasteiger partial charge < -0.3 is 19.4 Å². The largest absolute Gasteiger partial charge is 0.386 e. The minimum absolute atomic E-state index is 0.237. The van der Waals surface area contributed by atoms with Gasteiger partial charge in [-0.05, 0) is 31.9 Å². The van der Waals surface area contributed by atoms with Gasteiger partial charge >= 0.3 is 0 Å². The summed E-state index contributed by atoms with van der Waals surface area (Å²) in [6.07, 6.45) is 3.23. The molecular formula is C17H22N4O3. The maximum absolute atomic E-state index is 12.4. The molecule has 3 heterocycles. The fraction of sp³-hybridized carbons (Fsp3) is 0.471. The minimum Gasteiger partial charge on any atom is -0.386 e. The van der Waals surface area contributed by atoms with E-state index < -0.39 is 5.60 Å². The van der Waals surface area contributed by atoms with Crippen LogP contribution < -0.4 is 4.90 Å². The van der Waals surface area contributed by atoms with E-state index in [1.807, 2.05) is 18.2 Å². The van der Waals surface area contributed by atoms with Gasteiger partial charge in [0.05, 0.1) is 12.1 Å². The second-order valence-corrected chi connectivity index (χ2v) is 6.42. The van der Waals surface area contributed by atoms with Crippen molar-refractivity contribution in [2.45, 2.75) is 25.4 Å². The molecule has 0 aliphatic carbocycles. The number of carbonyl (C=O) groups is 1.